The molecule has 0 N–H and O–H groups in total. The summed E-state index contributed by atoms with van der Waals surface area (Å²) in [6.07, 6.45) is 2.73. The molecular weight excluding hydrogens is 386 g/mol. The molecular formula is C23H25NO6. The molecule has 7 nitrogen and oxygen atoms in total. The second kappa shape index (κ2) is 9.35. The van der Waals surface area contributed by atoms with Crippen molar-refractivity contribution in [3.05, 3.63) is 53.6 Å². The van der Waals surface area contributed by atoms with Crippen LogP contribution in [0.15, 0.2) is 42.5 Å². The van der Waals surface area contributed by atoms with Gasteiger partial charge in [-0.05, 0) is 48.7 Å². The molecule has 0 aromatic heterocycles. The van der Waals surface area contributed by atoms with Crippen LogP contribution in [0.25, 0.3) is 6.08 Å². The van der Waals surface area contributed by atoms with Crippen LogP contribution >= 0.6 is 0 Å². The maximum Gasteiger partial charge on any atom is 0.331 e. The Morgan fingerprint density at radius 1 is 1.03 bits per heavy atom. The van der Waals surface area contributed by atoms with Gasteiger partial charge in [0.2, 0.25) is 5.75 Å². The van der Waals surface area contributed by atoms with Gasteiger partial charge in [0.15, 0.2) is 17.6 Å². The highest BCUT2D eigenvalue weighted by Gasteiger charge is 2.29. The van der Waals surface area contributed by atoms with Crippen molar-refractivity contribution >= 4 is 23.6 Å². The number of carbonyl (C=O) groups is 2. The fourth-order valence-corrected chi connectivity index (χ4v) is 3.41. The first kappa shape index (κ1) is 21.2. The Kier molecular flexibility index (Phi) is 6.61. The third-order valence-corrected chi connectivity index (χ3v) is 4.89. The summed E-state index contributed by atoms with van der Waals surface area (Å²) >= 11 is 0. The highest BCUT2D eigenvalue weighted by Crippen LogP contribution is 2.38. The van der Waals surface area contributed by atoms with Crippen LogP contribution in [0.1, 0.15) is 18.1 Å². The van der Waals surface area contributed by atoms with Gasteiger partial charge in [-0.2, -0.15) is 0 Å². The monoisotopic (exact) mass is 411 g/mol. The van der Waals surface area contributed by atoms with E-state index in [2.05, 4.69) is 0 Å². The summed E-state index contributed by atoms with van der Waals surface area (Å²) in [4.78, 5) is 26.7. The van der Waals surface area contributed by atoms with Gasteiger partial charge in [-0.1, -0.05) is 18.2 Å². The second-order valence-electron chi connectivity index (χ2n) is 6.74. The molecule has 0 fully saturated rings. The first-order valence-corrected chi connectivity index (χ1v) is 9.56. The highest BCUT2D eigenvalue weighted by atomic mass is 16.5. The lowest BCUT2D eigenvalue weighted by Crippen LogP contribution is -2.38. The lowest BCUT2D eigenvalue weighted by Gasteiger charge is -2.21. The third kappa shape index (κ3) is 4.40. The number of nitrogens with zero attached hydrogens (tertiary/aromatic N) is 1. The molecule has 0 spiro atoms. The third-order valence-electron chi connectivity index (χ3n) is 4.89. The number of hydrogen-bond acceptors (Lipinski definition) is 6. The fraction of sp³-hybridized carbons (Fsp3) is 0.304. The standard InChI is InChI=1S/C23H25NO6/c1-15(23(26)24-12-11-17-7-5-6-8-18(17)24)30-21(25)10-9-16-13-19(27-2)22(29-4)20(14-16)28-3/h5-10,13-15H,11-12H2,1-4H3/b10-9+/t15-/m1/s1. The van der Waals surface area contributed by atoms with Crippen LogP contribution in [-0.4, -0.2) is 45.9 Å². The van der Waals surface area contributed by atoms with Gasteiger partial charge in [-0.25, -0.2) is 4.79 Å². The van der Waals surface area contributed by atoms with Gasteiger partial charge < -0.3 is 23.8 Å². The van der Waals surface area contributed by atoms with E-state index in [-0.39, 0.29) is 5.91 Å². The number of fused-ring (bicyclic) bond motifs is 1. The van der Waals surface area contributed by atoms with E-state index in [1.165, 1.54) is 27.4 Å². The van der Waals surface area contributed by atoms with Crippen LogP contribution in [0.5, 0.6) is 17.2 Å². The number of esters is 1. The molecule has 0 saturated heterocycles. The molecule has 7 heteroatoms. The van der Waals surface area contributed by atoms with Gasteiger partial charge in [0.25, 0.3) is 5.91 Å². The molecule has 1 amide bonds. The van der Waals surface area contributed by atoms with Crippen LogP contribution in [0.3, 0.4) is 0 Å². The summed E-state index contributed by atoms with van der Waals surface area (Å²) in [6, 6.07) is 11.2. The molecule has 1 atom stereocenters. The molecule has 1 heterocycles. The molecule has 2 aromatic carbocycles. The van der Waals surface area contributed by atoms with Crippen molar-refractivity contribution < 1.29 is 28.5 Å². The molecule has 0 radical (unpaired) electrons. The number of anilines is 1. The Bertz CT molecular complexity index is 943. The minimum atomic E-state index is -0.895. The van der Waals surface area contributed by atoms with Gasteiger partial charge in [-0.15, -0.1) is 0 Å². The summed E-state index contributed by atoms with van der Waals surface area (Å²) in [7, 11) is 4.55. The van der Waals surface area contributed by atoms with Crippen LogP contribution in [0.2, 0.25) is 0 Å². The van der Waals surface area contributed by atoms with E-state index in [4.69, 9.17) is 18.9 Å². The Morgan fingerprint density at radius 3 is 2.33 bits per heavy atom. The van der Waals surface area contributed by atoms with E-state index in [0.717, 1.165) is 17.7 Å². The van der Waals surface area contributed by atoms with Crippen molar-refractivity contribution in [3.63, 3.8) is 0 Å². The SMILES string of the molecule is COc1cc(/C=C/C(=O)O[C@H](C)C(=O)N2CCc3ccccc32)cc(OC)c1OC. The fourth-order valence-electron chi connectivity index (χ4n) is 3.41. The van der Waals surface area contributed by atoms with Crippen LogP contribution in [0.4, 0.5) is 5.69 Å². The van der Waals surface area contributed by atoms with E-state index in [9.17, 15) is 9.59 Å². The molecule has 0 saturated carbocycles. The molecule has 0 bridgehead atoms. The van der Waals surface area contributed by atoms with Crippen molar-refractivity contribution in [1.29, 1.82) is 0 Å². The maximum absolute atomic E-state index is 12.7. The Hall–Kier alpha value is -3.48. The molecule has 0 unspecified atom stereocenters. The summed E-state index contributed by atoms with van der Waals surface area (Å²) < 4.78 is 21.2. The van der Waals surface area contributed by atoms with Crippen molar-refractivity contribution in [2.24, 2.45) is 0 Å². The van der Waals surface area contributed by atoms with Gasteiger partial charge >= 0.3 is 5.97 Å². The van der Waals surface area contributed by atoms with Crippen LogP contribution in [-0.2, 0) is 20.7 Å². The zero-order chi connectivity index (χ0) is 21.7. The van der Waals surface area contributed by atoms with E-state index in [0.29, 0.717) is 29.4 Å². The van der Waals surface area contributed by atoms with Crippen molar-refractivity contribution in [2.75, 3.05) is 32.8 Å². The van der Waals surface area contributed by atoms with E-state index in [1.54, 1.807) is 30.0 Å². The Labute approximate surface area is 175 Å². The maximum atomic E-state index is 12.7. The number of benzene rings is 2. The lowest BCUT2D eigenvalue weighted by molar-refractivity contribution is -0.149. The normalized spacial score (nSPS) is 13.7. The summed E-state index contributed by atoms with van der Waals surface area (Å²) in [5.74, 6) is 0.554. The smallest absolute Gasteiger partial charge is 0.331 e. The van der Waals surface area contributed by atoms with E-state index in [1.807, 2.05) is 24.3 Å². The largest absolute Gasteiger partial charge is 0.493 e. The predicted molar refractivity (Wildman–Crippen MR) is 113 cm³/mol. The number of ether oxygens (including phenoxy) is 4. The summed E-state index contributed by atoms with van der Waals surface area (Å²) in [5, 5.41) is 0. The van der Waals surface area contributed by atoms with Crippen LogP contribution in [0, 0.1) is 0 Å². The number of methoxy groups -OCH3 is 3. The van der Waals surface area contributed by atoms with Crippen molar-refractivity contribution in [1.82, 2.24) is 0 Å². The molecule has 1 aliphatic heterocycles. The molecule has 0 aliphatic carbocycles. The number of para-hydroxylation sites is 1. The summed E-state index contributed by atoms with van der Waals surface area (Å²) in [5.41, 5.74) is 2.65. The van der Waals surface area contributed by atoms with Gasteiger partial charge in [0, 0.05) is 18.3 Å². The quantitative estimate of drug-likeness (QED) is 0.514. The van der Waals surface area contributed by atoms with Crippen molar-refractivity contribution in [3.8, 4) is 17.2 Å². The first-order chi connectivity index (χ1) is 14.5. The van der Waals surface area contributed by atoms with Crippen molar-refractivity contribution in [2.45, 2.75) is 19.4 Å². The topological polar surface area (TPSA) is 74.3 Å². The number of hydrogen-bond donors (Lipinski definition) is 0. The van der Waals surface area contributed by atoms with Gasteiger partial charge in [0.1, 0.15) is 0 Å². The first-order valence-electron chi connectivity index (χ1n) is 9.56. The van der Waals surface area contributed by atoms with Gasteiger partial charge in [0.05, 0.1) is 21.3 Å². The minimum absolute atomic E-state index is 0.241. The predicted octanol–water partition coefficient (Wildman–Crippen LogP) is 3.25. The number of amides is 1. The van der Waals surface area contributed by atoms with Crippen LogP contribution < -0.4 is 19.1 Å². The average Bonchev–Trinajstić information content (AvgIpc) is 3.20. The molecule has 2 aromatic rings. The lowest BCUT2D eigenvalue weighted by atomic mass is 10.1. The zero-order valence-electron chi connectivity index (χ0n) is 17.5. The highest BCUT2D eigenvalue weighted by molar-refractivity contribution is 6.00. The second-order valence-corrected chi connectivity index (χ2v) is 6.74. The van der Waals surface area contributed by atoms with E-state index >= 15 is 0 Å². The number of rotatable bonds is 7. The average molecular weight is 411 g/mol. The molecule has 1 aliphatic rings. The molecule has 30 heavy (non-hydrogen) atoms. The summed E-state index contributed by atoms with van der Waals surface area (Å²) in [6.45, 7) is 2.16. The minimum Gasteiger partial charge on any atom is -0.493 e. The Morgan fingerprint density at radius 2 is 1.70 bits per heavy atom. The molecule has 158 valence electrons. The Balaban J connectivity index is 1.67. The zero-order valence-corrected chi connectivity index (χ0v) is 17.5. The number of carbonyl (C=O) groups excluding carboxylic acids is 2. The van der Waals surface area contributed by atoms with Gasteiger partial charge in [-0.3, -0.25) is 4.79 Å². The molecule has 3 rings (SSSR count). The van der Waals surface area contributed by atoms with E-state index < -0.39 is 12.1 Å².